The molecule has 0 unspecified atom stereocenters. The summed E-state index contributed by atoms with van der Waals surface area (Å²) in [6.45, 7) is 8.51. The zero-order valence-electron chi connectivity index (χ0n) is 11.5. The van der Waals surface area contributed by atoms with Crippen LogP contribution in [0.4, 0.5) is 0 Å². The predicted octanol–water partition coefficient (Wildman–Crippen LogP) is 4.63. The second-order valence-electron chi connectivity index (χ2n) is 5.12. The van der Waals surface area contributed by atoms with Crippen LogP contribution in [-0.2, 0) is 6.54 Å². The van der Waals surface area contributed by atoms with Gasteiger partial charge in [-0.2, -0.15) is 0 Å². The number of rotatable bonds is 5. The standard InChI is InChI=1S/C15H19BrN2S/c1-10(2)7-17-8-13-9-18-15(19-13)14-5-4-12(16)6-11(14)3/h4-6,9-10,17H,7-8H2,1-3H3. The van der Waals surface area contributed by atoms with E-state index in [2.05, 4.69) is 65.2 Å². The number of hydrogen-bond donors (Lipinski definition) is 1. The molecule has 1 heterocycles. The van der Waals surface area contributed by atoms with E-state index < -0.39 is 0 Å². The molecule has 0 aliphatic carbocycles. The van der Waals surface area contributed by atoms with Gasteiger partial charge in [0.2, 0.25) is 0 Å². The van der Waals surface area contributed by atoms with Crippen LogP contribution in [-0.4, -0.2) is 11.5 Å². The highest BCUT2D eigenvalue weighted by molar-refractivity contribution is 9.10. The van der Waals surface area contributed by atoms with E-state index in [4.69, 9.17) is 0 Å². The van der Waals surface area contributed by atoms with Crippen LogP contribution in [0.3, 0.4) is 0 Å². The summed E-state index contributed by atoms with van der Waals surface area (Å²) in [7, 11) is 0. The van der Waals surface area contributed by atoms with Crippen molar-refractivity contribution < 1.29 is 0 Å². The van der Waals surface area contributed by atoms with Gasteiger partial charge in [-0.1, -0.05) is 35.8 Å². The highest BCUT2D eigenvalue weighted by Crippen LogP contribution is 2.29. The van der Waals surface area contributed by atoms with Crippen LogP contribution in [0.25, 0.3) is 10.6 Å². The van der Waals surface area contributed by atoms with E-state index in [0.717, 1.165) is 22.6 Å². The molecule has 0 radical (unpaired) electrons. The van der Waals surface area contributed by atoms with Crippen LogP contribution in [0, 0.1) is 12.8 Å². The molecule has 0 atom stereocenters. The van der Waals surface area contributed by atoms with Gasteiger partial charge in [0, 0.05) is 27.7 Å². The van der Waals surface area contributed by atoms with E-state index in [9.17, 15) is 0 Å². The lowest BCUT2D eigenvalue weighted by atomic mass is 10.1. The molecule has 0 bridgehead atoms. The van der Waals surface area contributed by atoms with E-state index in [0.29, 0.717) is 5.92 Å². The summed E-state index contributed by atoms with van der Waals surface area (Å²) in [4.78, 5) is 5.83. The van der Waals surface area contributed by atoms with Gasteiger partial charge in [0.1, 0.15) is 5.01 Å². The number of nitrogens with zero attached hydrogens (tertiary/aromatic N) is 1. The molecule has 0 saturated heterocycles. The Bertz CT molecular complexity index is 549. The van der Waals surface area contributed by atoms with Crippen LogP contribution < -0.4 is 5.32 Å². The van der Waals surface area contributed by atoms with Crippen molar-refractivity contribution in [3.05, 3.63) is 39.3 Å². The van der Waals surface area contributed by atoms with Gasteiger partial charge >= 0.3 is 0 Å². The number of aryl methyl sites for hydroxylation is 1. The van der Waals surface area contributed by atoms with Crippen molar-refractivity contribution in [1.29, 1.82) is 0 Å². The Kier molecular flexibility index (Phi) is 5.13. The summed E-state index contributed by atoms with van der Waals surface area (Å²) in [6.07, 6.45) is 1.98. The van der Waals surface area contributed by atoms with Crippen molar-refractivity contribution in [2.45, 2.75) is 27.3 Å². The summed E-state index contributed by atoms with van der Waals surface area (Å²) in [5.41, 5.74) is 2.48. The third-order valence-corrected chi connectivity index (χ3v) is 4.35. The second kappa shape index (κ2) is 6.64. The molecule has 0 fully saturated rings. The molecular formula is C15H19BrN2S. The largest absolute Gasteiger partial charge is 0.312 e. The molecule has 1 aromatic carbocycles. The van der Waals surface area contributed by atoms with E-state index in [1.807, 2.05) is 6.20 Å². The Hall–Kier alpha value is -0.710. The minimum Gasteiger partial charge on any atom is -0.312 e. The van der Waals surface area contributed by atoms with Crippen LogP contribution in [0.5, 0.6) is 0 Å². The summed E-state index contributed by atoms with van der Waals surface area (Å²) >= 11 is 5.26. The number of aromatic nitrogens is 1. The number of benzene rings is 1. The summed E-state index contributed by atoms with van der Waals surface area (Å²) in [6, 6.07) is 6.33. The first kappa shape index (κ1) is 14.7. The fourth-order valence-electron chi connectivity index (χ4n) is 1.86. The van der Waals surface area contributed by atoms with E-state index in [-0.39, 0.29) is 0 Å². The number of halogens is 1. The Morgan fingerprint density at radius 1 is 1.37 bits per heavy atom. The fraction of sp³-hybridized carbons (Fsp3) is 0.400. The zero-order chi connectivity index (χ0) is 13.8. The molecule has 0 saturated carbocycles. The van der Waals surface area contributed by atoms with Gasteiger partial charge in [0.15, 0.2) is 0 Å². The highest BCUT2D eigenvalue weighted by Gasteiger charge is 2.07. The van der Waals surface area contributed by atoms with Crippen molar-refractivity contribution in [2.75, 3.05) is 6.54 Å². The average molecular weight is 339 g/mol. The number of thiazole rings is 1. The predicted molar refractivity (Wildman–Crippen MR) is 86.5 cm³/mol. The van der Waals surface area contributed by atoms with Gasteiger partial charge < -0.3 is 5.32 Å². The molecule has 1 N–H and O–H groups in total. The van der Waals surface area contributed by atoms with E-state index >= 15 is 0 Å². The van der Waals surface area contributed by atoms with Crippen molar-refractivity contribution >= 4 is 27.3 Å². The van der Waals surface area contributed by atoms with Crippen LogP contribution in [0.1, 0.15) is 24.3 Å². The number of nitrogens with one attached hydrogen (secondary N) is 1. The fourth-order valence-corrected chi connectivity index (χ4v) is 3.31. The molecule has 1 aromatic heterocycles. The Morgan fingerprint density at radius 3 is 2.84 bits per heavy atom. The highest BCUT2D eigenvalue weighted by atomic mass is 79.9. The first-order valence-electron chi connectivity index (χ1n) is 6.48. The third-order valence-electron chi connectivity index (χ3n) is 2.82. The maximum Gasteiger partial charge on any atom is 0.123 e. The maximum atomic E-state index is 4.54. The SMILES string of the molecule is Cc1cc(Br)ccc1-c1ncc(CNCC(C)C)s1. The molecule has 0 spiro atoms. The molecular weight excluding hydrogens is 320 g/mol. The lowest BCUT2D eigenvalue weighted by molar-refractivity contribution is 0.554. The Morgan fingerprint density at radius 2 is 2.16 bits per heavy atom. The monoisotopic (exact) mass is 338 g/mol. The molecule has 2 nitrogen and oxygen atoms in total. The van der Waals surface area contributed by atoms with E-state index in [1.54, 1.807) is 11.3 Å². The quantitative estimate of drug-likeness (QED) is 0.859. The molecule has 0 aliphatic rings. The minimum absolute atomic E-state index is 0.682. The van der Waals surface area contributed by atoms with Gasteiger partial charge in [-0.25, -0.2) is 4.98 Å². The van der Waals surface area contributed by atoms with Crippen LogP contribution >= 0.6 is 27.3 Å². The molecule has 19 heavy (non-hydrogen) atoms. The van der Waals surface area contributed by atoms with Crippen molar-refractivity contribution in [1.82, 2.24) is 10.3 Å². The maximum absolute atomic E-state index is 4.54. The van der Waals surface area contributed by atoms with Gasteiger partial charge in [0.05, 0.1) is 0 Å². The molecule has 0 amide bonds. The summed E-state index contributed by atoms with van der Waals surface area (Å²) < 4.78 is 1.11. The van der Waals surface area contributed by atoms with Gasteiger partial charge in [-0.3, -0.25) is 0 Å². The van der Waals surface area contributed by atoms with Gasteiger partial charge in [-0.05, 0) is 37.1 Å². The lowest BCUT2D eigenvalue weighted by Crippen LogP contribution is -2.18. The first-order chi connectivity index (χ1) is 9.06. The molecule has 2 rings (SSSR count). The van der Waals surface area contributed by atoms with Crippen LogP contribution in [0.2, 0.25) is 0 Å². The Labute approximate surface area is 127 Å². The third kappa shape index (κ3) is 4.13. The minimum atomic E-state index is 0.682. The first-order valence-corrected chi connectivity index (χ1v) is 8.09. The van der Waals surface area contributed by atoms with Crippen molar-refractivity contribution in [3.8, 4) is 10.6 Å². The molecule has 4 heteroatoms. The summed E-state index contributed by atoms with van der Waals surface area (Å²) in [5, 5.41) is 4.56. The molecule has 0 aliphatic heterocycles. The van der Waals surface area contributed by atoms with E-state index in [1.165, 1.54) is 16.0 Å². The van der Waals surface area contributed by atoms with Gasteiger partial charge in [0.25, 0.3) is 0 Å². The Balaban J connectivity index is 2.08. The zero-order valence-corrected chi connectivity index (χ0v) is 13.9. The topological polar surface area (TPSA) is 24.9 Å². The summed E-state index contributed by atoms with van der Waals surface area (Å²) in [5.74, 6) is 0.682. The smallest absolute Gasteiger partial charge is 0.123 e. The van der Waals surface area contributed by atoms with Crippen molar-refractivity contribution in [2.24, 2.45) is 5.92 Å². The average Bonchev–Trinajstić information content (AvgIpc) is 2.77. The van der Waals surface area contributed by atoms with Gasteiger partial charge in [-0.15, -0.1) is 11.3 Å². The van der Waals surface area contributed by atoms with Crippen molar-refractivity contribution in [3.63, 3.8) is 0 Å². The lowest BCUT2D eigenvalue weighted by Gasteiger charge is -2.05. The number of hydrogen-bond acceptors (Lipinski definition) is 3. The normalized spacial score (nSPS) is 11.2. The second-order valence-corrected chi connectivity index (χ2v) is 7.15. The molecule has 102 valence electrons. The molecule has 2 aromatic rings. The van der Waals surface area contributed by atoms with Crippen LogP contribution in [0.15, 0.2) is 28.9 Å².